The summed E-state index contributed by atoms with van der Waals surface area (Å²) in [7, 11) is 1.97. The predicted octanol–water partition coefficient (Wildman–Crippen LogP) is 2.42. The molecule has 0 bridgehead atoms. The van der Waals surface area contributed by atoms with Gasteiger partial charge in [-0.2, -0.15) is 0 Å². The summed E-state index contributed by atoms with van der Waals surface area (Å²) in [5.74, 6) is 0.0892. The van der Waals surface area contributed by atoms with Gasteiger partial charge in [0.15, 0.2) is 0 Å². The molecule has 2 rings (SSSR count). The summed E-state index contributed by atoms with van der Waals surface area (Å²) >= 11 is 0. The van der Waals surface area contributed by atoms with E-state index in [9.17, 15) is 4.79 Å². The molecule has 19 heavy (non-hydrogen) atoms. The number of aromatic nitrogens is 2. The summed E-state index contributed by atoms with van der Waals surface area (Å²) in [4.78, 5) is 16.1. The van der Waals surface area contributed by atoms with Crippen LogP contribution in [0.5, 0.6) is 0 Å². The molecular weight excluding hydrogens is 238 g/mol. The molecule has 0 spiro atoms. The zero-order chi connectivity index (χ0) is 13.7. The van der Waals surface area contributed by atoms with Crippen LogP contribution in [0.25, 0.3) is 11.0 Å². The lowest BCUT2D eigenvalue weighted by Gasteiger charge is -2.05. The second-order valence-electron chi connectivity index (χ2n) is 4.91. The molecule has 2 aromatic rings. The van der Waals surface area contributed by atoms with Crippen molar-refractivity contribution in [3.63, 3.8) is 0 Å². The molecule has 1 N–H and O–H groups in total. The first-order chi connectivity index (χ1) is 9.20. The highest BCUT2D eigenvalue weighted by molar-refractivity contribution is 5.81. The van der Waals surface area contributed by atoms with Crippen LogP contribution >= 0.6 is 0 Å². The molecule has 1 aromatic carbocycles. The lowest BCUT2D eigenvalue weighted by atomic mass is 10.1. The third-order valence-electron chi connectivity index (χ3n) is 3.26. The molecule has 0 aliphatic heterocycles. The molecule has 4 heteroatoms. The number of aryl methyl sites for hydroxylation is 1. The molecule has 0 radical (unpaired) electrons. The number of nitrogens with zero attached hydrogens (tertiary/aromatic N) is 2. The van der Waals surface area contributed by atoms with Gasteiger partial charge in [-0.15, -0.1) is 0 Å². The minimum atomic E-state index is 0.0892. The van der Waals surface area contributed by atoms with Crippen LogP contribution < -0.4 is 5.32 Å². The number of rotatable bonds is 6. The maximum Gasteiger partial charge on any atom is 0.224 e. The standard InChI is InChI=1S/C15H21N3O/c1-3-4-5-8-16-15(19)10-12-6-7-14-13(9-12)17-11-18(14)2/h6-7,9,11H,3-5,8,10H2,1-2H3,(H,16,19). The van der Waals surface area contributed by atoms with Gasteiger partial charge in [0.2, 0.25) is 5.91 Å². The molecule has 0 saturated heterocycles. The molecule has 0 fully saturated rings. The van der Waals surface area contributed by atoms with Crippen molar-refractivity contribution in [2.45, 2.75) is 32.6 Å². The van der Waals surface area contributed by atoms with Crippen molar-refractivity contribution >= 4 is 16.9 Å². The Hall–Kier alpha value is -1.84. The molecule has 1 aromatic heterocycles. The van der Waals surface area contributed by atoms with Gasteiger partial charge in [0.1, 0.15) is 0 Å². The van der Waals surface area contributed by atoms with E-state index in [2.05, 4.69) is 17.2 Å². The molecule has 0 atom stereocenters. The predicted molar refractivity (Wildman–Crippen MR) is 77.0 cm³/mol. The Labute approximate surface area is 113 Å². The molecule has 1 amide bonds. The molecule has 0 aliphatic carbocycles. The van der Waals surface area contributed by atoms with Crippen molar-refractivity contribution in [3.05, 3.63) is 30.1 Å². The van der Waals surface area contributed by atoms with Gasteiger partial charge in [0, 0.05) is 13.6 Å². The van der Waals surface area contributed by atoms with Crippen molar-refractivity contribution in [2.75, 3.05) is 6.54 Å². The fourth-order valence-corrected chi connectivity index (χ4v) is 2.14. The zero-order valence-electron chi connectivity index (χ0n) is 11.6. The van der Waals surface area contributed by atoms with E-state index >= 15 is 0 Å². The van der Waals surface area contributed by atoms with Crippen LogP contribution in [-0.2, 0) is 18.3 Å². The number of carbonyl (C=O) groups is 1. The minimum Gasteiger partial charge on any atom is -0.356 e. The van der Waals surface area contributed by atoms with E-state index in [0.29, 0.717) is 6.42 Å². The smallest absolute Gasteiger partial charge is 0.224 e. The van der Waals surface area contributed by atoms with Crippen LogP contribution in [0.2, 0.25) is 0 Å². The molecule has 0 aliphatic rings. The fraction of sp³-hybridized carbons (Fsp3) is 0.467. The molecule has 102 valence electrons. The molecule has 1 heterocycles. The van der Waals surface area contributed by atoms with Crippen LogP contribution in [0, 0.1) is 0 Å². The van der Waals surface area contributed by atoms with E-state index in [-0.39, 0.29) is 5.91 Å². The summed E-state index contributed by atoms with van der Waals surface area (Å²) in [5.41, 5.74) is 3.05. The molecule has 0 unspecified atom stereocenters. The van der Waals surface area contributed by atoms with Crippen LogP contribution in [0.4, 0.5) is 0 Å². The van der Waals surface area contributed by atoms with Crippen LogP contribution in [0.15, 0.2) is 24.5 Å². The van der Waals surface area contributed by atoms with Crippen LogP contribution in [0.1, 0.15) is 31.7 Å². The Bertz CT molecular complexity index is 560. The summed E-state index contributed by atoms with van der Waals surface area (Å²) in [6.07, 6.45) is 5.62. The Morgan fingerprint density at radius 1 is 1.37 bits per heavy atom. The van der Waals surface area contributed by atoms with Crippen molar-refractivity contribution < 1.29 is 4.79 Å². The average Bonchev–Trinajstić information content (AvgIpc) is 2.76. The van der Waals surface area contributed by atoms with Gasteiger partial charge in [-0.1, -0.05) is 25.8 Å². The zero-order valence-corrected chi connectivity index (χ0v) is 11.6. The summed E-state index contributed by atoms with van der Waals surface area (Å²) in [6.45, 7) is 2.93. The first-order valence-electron chi connectivity index (χ1n) is 6.87. The topological polar surface area (TPSA) is 46.9 Å². The van der Waals surface area contributed by atoms with E-state index < -0.39 is 0 Å². The first-order valence-corrected chi connectivity index (χ1v) is 6.87. The summed E-state index contributed by atoms with van der Waals surface area (Å²) in [6, 6.07) is 6.00. The number of hydrogen-bond donors (Lipinski definition) is 1. The highest BCUT2D eigenvalue weighted by atomic mass is 16.1. The average molecular weight is 259 g/mol. The maximum atomic E-state index is 11.8. The fourth-order valence-electron chi connectivity index (χ4n) is 2.14. The minimum absolute atomic E-state index is 0.0892. The second-order valence-corrected chi connectivity index (χ2v) is 4.91. The van der Waals surface area contributed by atoms with Crippen LogP contribution in [-0.4, -0.2) is 22.0 Å². The Balaban J connectivity index is 1.91. The van der Waals surface area contributed by atoms with Crippen molar-refractivity contribution in [3.8, 4) is 0 Å². The molecular formula is C15H21N3O. The third kappa shape index (κ3) is 3.56. The van der Waals surface area contributed by atoms with Crippen LogP contribution in [0.3, 0.4) is 0 Å². The van der Waals surface area contributed by atoms with E-state index in [0.717, 1.165) is 29.6 Å². The second kappa shape index (κ2) is 6.36. The highest BCUT2D eigenvalue weighted by Gasteiger charge is 2.05. The lowest BCUT2D eigenvalue weighted by molar-refractivity contribution is -0.120. The summed E-state index contributed by atoms with van der Waals surface area (Å²) < 4.78 is 1.98. The monoisotopic (exact) mass is 259 g/mol. The van der Waals surface area contributed by atoms with Gasteiger partial charge >= 0.3 is 0 Å². The van der Waals surface area contributed by atoms with Crippen molar-refractivity contribution in [1.82, 2.24) is 14.9 Å². The van der Waals surface area contributed by atoms with Crippen molar-refractivity contribution in [1.29, 1.82) is 0 Å². The number of amides is 1. The van der Waals surface area contributed by atoms with Gasteiger partial charge < -0.3 is 9.88 Å². The SMILES string of the molecule is CCCCCNC(=O)Cc1ccc2c(c1)ncn2C. The number of fused-ring (bicyclic) bond motifs is 1. The van der Waals surface area contributed by atoms with E-state index in [1.165, 1.54) is 12.8 Å². The van der Waals surface area contributed by atoms with Gasteiger partial charge in [-0.05, 0) is 24.1 Å². The van der Waals surface area contributed by atoms with Gasteiger partial charge in [0.05, 0.1) is 23.8 Å². The largest absolute Gasteiger partial charge is 0.356 e. The lowest BCUT2D eigenvalue weighted by Crippen LogP contribution is -2.26. The number of unbranched alkanes of at least 4 members (excludes halogenated alkanes) is 2. The highest BCUT2D eigenvalue weighted by Crippen LogP contribution is 2.14. The van der Waals surface area contributed by atoms with E-state index in [1.807, 2.05) is 29.8 Å². The summed E-state index contributed by atoms with van der Waals surface area (Å²) in [5, 5.41) is 2.95. The number of hydrogen-bond acceptors (Lipinski definition) is 2. The Morgan fingerprint density at radius 3 is 3.00 bits per heavy atom. The number of benzene rings is 1. The quantitative estimate of drug-likeness (QED) is 0.810. The first kappa shape index (κ1) is 13.6. The normalized spacial score (nSPS) is 10.8. The Morgan fingerprint density at radius 2 is 2.21 bits per heavy atom. The molecule has 0 saturated carbocycles. The maximum absolute atomic E-state index is 11.8. The number of carbonyl (C=O) groups excluding carboxylic acids is 1. The number of nitrogens with one attached hydrogen (secondary N) is 1. The van der Waals surface area contributed by atoms with Crippen molar-refractivity contribution in [2.24, 2.45) is 7.05 Å². The van der Waals surface area contributed by atoms with E-state index in [1.54, 1.807) is 6.33 Å². The van der Waals surface area contributed by atoms with Gasteiger partial charge in [-0.25, -0.2) is 4.98 Å². The van der Waals surface area contributed by atoms with E-state index in [4.69, 9.17) is 0 Å². The van der Waals surface area contributed by atoms with Gasteiger partial charge in [-0.3, -0.25) is 4.79 Å². The Kier molecular flexibility index (Phi) is 4.55. The number of imidazole rings is 1. The molecule has 4 nitrogen and oxygen atoms in total. The third-order valence-corrected chi connectivity index (χ3v) is 3.26. The van der Waals surface area contributed by atoms with Gasteiger partial charge in [0.25, 0.3) is 0 Å².